The number of benzene rings is 1. The van der Waals surface area contributed by atoms with E-state index in [0.717, 1.165) is 34.3 Å². The predicted octanol–water partition coefficient (Wildman–Crippen LogP) is 2.16. The van der Waals surface area contributed by atoms with Crippen LogP contribution in [0.15, 0.2) is 24.3 Å². The number of nitrogens with zero attached hydrogens (tertiary/aromatic N) is 1. The van der Waals surface area contributed by atoms with E-state index in [9.17, 15) is 0 Å². The summed E-state index contributed by atoms with van der Waals surface area (Å²) in [6.45, 7) is 0. The Labute approximate surface area is 115 Å². The molecule has 19 heavy (non-hydrogen) atoms. The SMILES string of the molecule is COc1ccc(-c2cc(N)n[nH]2)cc1OC1CSC1. The lowest BCUT2D eigenvalue weighted by atomic mass is 10.1. The van der Waals surface area contributed by atoms with E-state index in [2.05, 4.69) is 10.2 Å². The molecule has 5 nitrogen and oxygen atoms in total. The molecule has 0 amide bonds. The third kappa shape index (κ3) is 2.49. The molecule has 0 radical (unpaired) electrons. The van der Waals surface area contributed by atoms with Crippen molar-refractivity contribution in [2.75, 3.05) is 24.3 Å². The zero-order chi connectivity index (χ0) is 13.2. The van der Waals surface area contributed by atoms with Gasteiger partial charge in [0, 0.05) is 23.1 Å². The Morgan fingerprint density at radius 2 is 2.16 bits per heavy atom. The maximum absolute atomic E-state index is 5.93. The van der Waals surface area contributed by atoms with E-state index in [1.165, 1.54) is 0 Å². The van der Waals surface area contributed by atoms with Crippen molar-refractivity contribution in [3.05, 3.63) is 24.3 Å². The van der Waals surface area contributed by atoms with E-state index in [1.807, 2.05) is 30.0 Å². The number of nitrogen functional groups attached to an aromatic ring is 1. The van der Waals surface area contributed by atoms with Crippen molar-refractivity contribution in [1.82, 2.24) is 10.2 Å². The fourth-order valence-electron chi connectivity index (χ4n) is 1.88. The van der Waals surface area contributed by atoms with E-state index >= 15 is 0 Å². The fraction of sp³-hybridized carbons (Fsp3) is 0.308. The summed E-state index contributed by atoms with van der Waals surface area (Å²) in [6.07, 6.45) is 0.279. The number of nitrogens with one attached hydrogen (secondary N) is 1. The molecular weight excluding hydrogens is 262 g/mol. The number of hydrogen-bond donors (Lipinski definition) is 2. The van der Waals surface area contributed by atoms with Gasteiger partial charge < -0.3 is 15.2 Å². The van der Waals surface area contributed by atoms with Gasteiger partial charge in [-0.3, -0.25) is 5.10 Å². The number of ether oxygens (including phenoxy) is 2. The highest BCUT2D eigenvalue weighted by Crippen LogP contribution is 2.35. The standard InChI is InChI=1S/C13H15N3O2S/c1-17-11-3-2-8(10-5-13(14)16-15-10)4-12(11)18-9-6-19-7-9/h2-5,9H,6-7H2,1H3,(H3,14,15,16). The Morgan fingerprint density at radius 1 is 1.32 bits per heavy atom. The number of nitrogens with two attached hydrogens (primary N) is 1. The van der Waals surface area contributed by atoms with Crippen LogP contribution in [-0.2, 0) is 0 Å². The normalized spacial score (nSPS) is 15.0. The van der Waals surface area contributed by atoms with Gasteiger partial charge in [-0.15, -0.1) is 0 Å². The number of rotatable bonds is 4. The number of anilines is 1. The molecule has 1 aromatic carbocycles. The molecule has 0 saturated carbocycles. The molecule has 1 aromatic heterocycles. The van der Waals surface area contributed by atoms with Gasteiger partial charge in [-0.2, -0.15) is 16.9 Å². The van der Waals surface area contributed by atoms with Crippen molar-refractivity contribution in [3.63, 3.8) is 0 Å². The van der Waals surface area contributed by atoms with Crippen molar-refractivity contribution in [2.45, 2.75) is 6.10 Å². The topological polar surface area (TPSA) is 73.2 Å². The summed E-state index contributed by atoms with van der Waals surface area (Å²) in [5.74, 6) is 4.05. The van der Waals surface area contributed by atoms with Crippen molar-refractivity contribution < 1.29 is 9.47 Å². The Kier molecular flexibility index (Phi) is 3.25. The molecule has 6 heteroatoms. The molecule has 2 heterocycles. The average Bonchev–Trinajstić information content (AvgIpc) is 2.80. The largest absolute Gasteiger partial charge is 0.493 e. The highest BCUT2D eigenvalue weighted by atomic mass is 32.2. The van der Waals surface area contributed by atoms with Crippen LogP contribution < -0.4 is 15.2 Å². The van der Waals surface area contributed by atoms with Crippen molar-refractivity contribution >= 4 is 17.6 Å². The molecule has 3 N–H and O–H groups in total. The highest BCUT2D eigenvalue weighted by Gasteiger charge is 2.21. The summed E-state index contributed by atoms with van der Waals surface area (Å²) in [5.41, 5.74) is 7.47. The molecule has 1 aliphatic rings. The van der Waals surface area contributed by atoms with Crippen LogP contribution in [0.4, 0.5) is 5.82 Å². The van der Waals surface area contributed by atoms with Gasteiger partial charge in [0.25, 0.3) is 0 Å². The second-order valence-corrected chi connectivity index (χ2v) is 5.42. The van der Waals surface area contributed by atoms with Crippen molar-refractivity contribution in [2.24, 2.45) is 0 Å². The lowest BCUT2D eigenvalue weighted by Crippen LogP contribution is -2.31. The zero-order valence-corrected chi connectivity index (χ0v) is 11.4. The molecule has 2 aromatic rings. The molecule has 1 fully saturated rings. The lowest BCUT2D eigenvalue weighted by molar-refractivity contribution is 0.228. The van der Waals surface area contributed by atoms with Gasteiger partial charge >= 0.3 is 0 Å². The number of H-pyrrole nitrogens is 1. The van der Waals surface area contributed by atoms with E-state index in [4.69, 9.17) is 15.2 Å². The molecule has 1 aliphatic heterocycles. The zero-order valence-electron chi connectivity index (χ0n) is 10.6. The average molecular weight is 277 g/mol. The molecule has 3 rings (SSSR count). The minimum atomic E-state index is 0.279. The van der Waals surface area contributed by atoms with Gasteiger partial charge in [-0.1, -0.05) is 0 Å². The quantitative estimate of drug-likeness (QED) is 0.896. The van der Waals surface area contributed by atoms with Gasteiger partial charge in [0.1, 0.15) is 11.9 Å². The van der Waals surface area contributed by atoms with Gasteiger partial charge in [0.2, 0.25) is 0 Å². The van der Waals surface area contributed by atoms with Crippen molar-refractivity contribution in [1.29, 1.82) is 0 Å². The second kappa shape index (κ2) is 5.05. The first kappa shape index (κ1) is 12.2. The maximum atomic E-state index is 5.93. The van der Waals surface area contributed by atoms with Gasteiger partial charge in [0.05, 0.1) is 12.8 Å². The Balaban J connectivity index is 1.91. The first-order chi connectivity index (χ1) is 9.26. The van der Waals surface area contributed by atoms with Gasteiger partial charge in [-0.25, -0.2) is 0 Å². The minimum absolute atomic E-state index is 0.279. The summed E-state index contributed by atoms with van der Waals surface area (Å²) in [6, 6.07) is 7.60. The molecule has 1 saturated heterocycles. The summed E-state index contributed by atoms with van der Waals surface area (Å²) >= 11 is 1.88. The number of methoxy groups -OCH3 is 1. The fourth-order valence-corrected chi connectivity index (χ4v) is 2.45. The van der Waals surface area contributed by atoms with E-state index < -0.39 is 0 Å². The van der Waals surface area contributed by atoms with Crippen LogP contribution in [0, 0.1) is 0 Å². The lowest BCUT2D eigenvalue weighted by Gasteiger charge is -2.26. The molecule has 0 bridgehead atoms. The molecule has 0 unspecified atom stereocenters. The third-order valence-electron chi connectivity index (χ3n) is 2.97. The third-order valence-corrected chi connectivity index (χ3v) is 4.19. The molecular formula is C13H15N3O2S. The van der Waals surface area contributed by atoms with Crippen molar-refractivity contribution in [3.8, 4) is 22.8 Å². The Hall–Kier alpha value is -1.82. The Morgan fingerprint density at radius 3 is 2.74 bits per heavy atom. The first-order valence-electron chi connectivity index (χ1n) is 6.00. The molecule has 100 valence electrons. The van der Waals surface area contributed by atoms with Gasteiger partial charge in [0.15, 0.2) is 11.5 Å². The summed E-state index contributed by atoms with van der Waals surface area (Å²) in [7, 11) is 1.64. The monoisotopic (exact) mass is 277 g/mol. The maximum Gasteiger partial charge on any atom is 0.162 e. The summed E-state index contributed by atoms with van der Waals surface area (Å²) in [5, 5.41) is 6.82. The molecule has 0 atom stereocenters. The van der Waals surface area contributed by atoms with Gasteiger partial charge in [-0.05, 0) is 18.2 Å². The van der Waals surface area contributed by atoms with Crippen LogP contribution in [0.5, 0.6) is 11.5 Å². The number of hydrogen-bond acceptors (Lipinski definition) is 5. The van der Waals surface area contributed by atoms with Crippen LogP contribution in [0.2, 0.25) is 0 Å². The Bertz CT molecular complexity index is 581. The number of aromatic amines is 1. The number of aromatic nitrogens is 2. The van der Waals surface area contributed by atoms with E-state index in [-0.39, 0.29) is 6.10 Å². The van der Waals surface area contributed by atoms with Crippen LogP contribution in [0.25, 0.3) is 11.3 Å². The highest BCUT2D eigenvalue weighted by molar-refractivity contribution is 8.00. The van der Waals surface area contributed by atoms with E-state index in [1.54, 1.807) is 13.2 Å². The van der Waals surface area contributed by atoms with Crippen LogP contribution in [-0.4, -0.2) is 34.9 Å². The minimum Gasteiger partial charge on any atom is -0.493 e. The van der Waals surface area contributed by atoms with Crippen LogP contribution in [0.3, 0.4) is 0 Å². The predicted molar refractivity (Wildman–Crippen MR) is 76.7 cm³/mol. The summed E-state index contributed by atoms with van der Waals surface area (Å²) in [4.78, 5) is 0. The second-order valence-electron chi connectivity index (χ2n) is 4.35. The van der Waals surface area contributed by atoms with Crippen LogP contribution >= 0.6 is 11.8 Å². The number of thioether (sulfide) groups is 1. The molecule has 0 aliphatic carbocycles. The van der Waals surface area contributed by atoms with E-state index in [0.29, 0.717) is 5.82 Å². The first-order valence-corrected chi connectivity index (χ1v) is 7.15. The van der Waals surface area contributed by atoms with Crippen LogP contribution in [0.1, 0.15) is 0 Å². The smallest absolute Gasteiger partial charge is 0.162 e. The summed E-state index contributed by atoms with van der Waals surface area (Å²) < 4.78 is 11.3. The molecule has 0 spiro atoms.